The van der Waals surface area contributed by atoms with E-state index >= 15 is 0 Å². The van der Waals surface area contributed by atoms with E-state index in [4.69, 9.17) is 4.52 Å². The first-order chi connectivity index (χ1) is 12.7. The number of carbonyl (C=O) groups is 1. The maximum Gasteiger partial charge on any atom is 0.256 e. The van der Waals surface area contributed by atoms with Gasteiger partial charge in [0.2, 0.25) is 11.7 Å². The Bertz CT molecular complexity index is 910. The molecule has 0 bridgehead atoms. The van der Waals surface area contributed by atoms with Gasteiger partial charge < -0.3 is 9.42 Å². The summed E-state index contributed by atoms with van der Waals surface area (Å²) >= 11 is 0. The average molecular weight is 351 g/mol. The summed E-state index contributed by atoms with van der Waals surface area (Å²) < 4.78 is 19.4. The lowest BCUT2D eigenvalue weighted by molar-refractivity contribution is 0.0691. The summed E-state index contributed by atoms with van der Waals surface area (Å²) in [5.74, 6) is 0.233. The molecule has 4 rings (SSSR count). The number of aromatic nitrogens is 2. The number of amides is 1. The van der Waals surface area contributed by atoms with Crippen LogP contribution in [0.2, 0.25) is 0 Å². The second kappa shape index (κ2) is 7.07. The van der Waals surface area contributed by atoms with E-state index < -0.39 is 5.82 Å². The van der Waals surface area contributed by atoms with Crippen molar-refractivity contribution < 1.29 is 13.7 Å². The van der Waals surface area contributed by atoms with Crippen molar-refractivity contribution >= 4 is 5.91 Å². The normalized spacial score (nSPS) is 17.3. The van der Waals surface area contributed by atoms with Crippen molar-refractivity contribution in [2.24, 2.45) is 0 Å². The van der Waals surface area contributed by atoms with E-state index in [1.54, 1.807) is 17.0 Å². The standard InChI is InChI=1S/C20H18FN3O2/c21-17-11-5-4-10-16(17)20(25)24-12-6-9-15(13-24)19-22-18(23-26-19)14-7-2-1-3-8-14/h1-5,7-8,10-11,15H,6,9,12-13H2. The fraction of sp³-hybridized carbons (Fsp3) is 0.250. The third kappa shape index (κ3) is 3.22. The molecule has 3 aromatic rings. The van der Waals surface area contributed by atoms with Gasteiger partial charge in [-0.05, 0) is 25.0 Å². The summed E-state index contributed by atoms with van der Waals surface area (Å²) in [5, 5.41) is 4.05. The predicted molar refractivity (Wildman–Crippen MR) is 94.0 cm³/mol. The minimum atomic E-state index is -0.497. The van der Waals surface area contributed by atoms with Gasteiger partial charge in [0.15, 0.2) is 0 Å². The number of piperidine rings is 1. The number of likely N-dealkylation sites (tertiary alicyclic amines) is 1. The Balaban J connectivity index is 1.52. The largest absolute Gasteiger partial charge is 0.339 e. The van der Waals surface area contributed by atoms with Gasteiger partial charge >= 0.3 is 0 Å². The average Bonchev–Trinajstić information content (AvgIpc) is 3.19. The summed E-state index contributed by atoms with van der Waals surface area (Å²) in [6.07, 6.45) is 1.67. The van der Waals surface area contributed by atoms with Crippen LogP contribution in [-0.2, 0) is 0 Å². The molecule has 132 valence electrons. The van der Waals surface area contributed by atoms with E-state index in [0.29, 0.717) is 24.8 Å². The van der Waals surface area contributed by atoms with Crippen molar-refractivity contribution in [2.75, 3.05) is 13.1 Å². The fourth-order valence-electron chi connectivity index (χ4n) is 3.27. The lowest BCUT2D eigenvalue weighted by Gasteiger charge is -2.31. The number of hydrogen-bond acceptors (Lipinski definition) is 4. The van der Waals surface area contributed by atoms with E-state index in [1.165, 1.54) is 12.1 Å². The molecule has 1 aromatic heterocycles. The third-order valence-corrected chi connectivity index (χ3v) is 4.64. The van der Waals surface area contributed by atoms with Crippen LogP contribution >= 0.6 is 0 Å². The molecule has 1 amide bonds. The van der Waals surface area contributed by atoms with Gasteiger partial charge in [0.1, 0.15) is 5.82 Å². The van der Waals surface area contributed by atoms with Crippen LogP contribution < -0.4 is 0 Å². The van der Waals surface area contributed by atoms with E-state index in [2.05, 4.69) is 10.1 Å². The van der Waals surface area contributed by atoms with Gasteiger partial charge in [0.05, 0.1) is 11.5 Å². The molecule has 2 heterocycles. The fourth-order valence-corrected chi connectivity index (χ4v) is 3.27. The lowest BCUT2D eigenvalue weighted by Crippen LogP contribution is -2.39. The van der Waals surface area contributed by atoms with Crippen LogP contribution in [0.3, 0.4) is 0 Å². The highest BCUT2D eigenvalue weighted by Gasteiger charge is 2.30. The van der Waals surface area contributed by atoms with Crippen molar-refractivity contribution in [2.45, 2.75) is 18.8 Å². The molecule has 0 aliphatic carbocycles. The molecule has 1 saturated heterocycles. The van der Waals surface area contributed by atoms with Crippen molar-refractivity contribution in [3.05, 3.63) is 71.9 Å². The topological polar surface area (TPSA) is 59.2 Å². The number of hydrogen-bond donors (Lipinski definition) is 0. The number of nitrogens with zero attached hydrogens (tertiary/aromatic N) is 3. The Morgan fingerprint density at radius 3 is 2.69 bits per heavy atom. The van der Waals surface area contributed by atoms with E-state index in [-0.39, 0.29) is 17.4 Å². The molecular formula is C20H18FN3O2. The summed E-state index contributed by atoms with van der Waals surface area (Å²) in [7, 11) is 0. The minimum absolute atomic E-state index is 0.0376. The van der Waals surface area contributed by atoms with Crippen LogP contribution in [-0.4, -0.2) is 34.0 Å². The molecule has 1 unspecified atom stereocenters. The number of carbonyl (C=O) groups excluding carboxylic acids is 1. The maximum atomic E-state index is 13.9. The van der Waals surface area contributed by atoms with Crippen LogP contribution in [0.4, 0.5) is 4.39 Å². The van der Waals surface area contributed by atoms with Gasteiger partial charge in [0.25, 0.3) is 5.91 Å². The monoisotopic (exact) mass is 351 g/mol. The summed E-state index contributed by atoms with van der Waals surface area (Å²) in [5.41, 5.74) is 0.987. The van der Waals surface area contributed by atoms with Crippen LogP contribution in [0.15, 0.2) is 59.1 Å². The van der Waals surface area contributed by atoms with Gasteiger partial charge in [0, 0.05) is 18.7 Å². The molecule has 0 N–H and O–H groups in total. The Labute approximate surface area is 150 Å². The number of halogens is 1. The Morgan fingerprint density at radius 2 is 1.88 bits per heavy atom. The molecule has 1 fully saturated rings. The van der Waals surface area contributed by atoms with Crippen molar-refractivity contribution in [3.8, 4) is 11.4 Å². The highest BCUT2D eigenvalue weighted by Crippen LogP contribution is 2.28. The highest BCUT2D eigenvalue weighted by atomic mass is 19.1. The van der Waals surface area contributed by atoms with Crippen molar-refractivity contribution in [1.82, 2.24) is 15.0 Å². The van der Waals surface area contributed by atoms with E-state index in [1.807, 2.05) is 30.3 Å². The quantitative estimate of drug-likeness (QED) is 0.718. The SMILES string of the molecule is O=C(c1ccccc1F)N1CCCC(c2nc(-c3ccccc3)no2)C1. The maximum absolute atomic E-state index is 13.9. The van der Waals surface area contributed by atoms with Gasteiger partial charge in [-0.2, -0.15) is 4.98 Å². The van der Waals surface area contributed by atoms with Gasteiger partial charge in [-0.3, -0.25) is 4.79 Å². The smallest absolute Gasteiger partial charge is 0.256 e. The van der Waals surface area contributed by atoms with Crippen LogP contribution in [0.25, 0.3) is 11.4 Å². The Hall–Kier alpha value is -3.02. The van der Waals surface area contributed by atoms with Crippen molar-refractivity contribution in [3.63, 3.8) is 0 Å². The summed E-state index contributed by atoms with van der Waals surface area (Å²) in [6.45, 7) is 1.05. The first kappa shape index (κ1) is 16.4. The molecule has 1 aliphatic heterocycles. The van der Waals surface area contributed by atoms with Crippen LogP contribution in [0.5, 0.6) is 0 Å². The first-order valence-corrected chi connectivity index (χ1v) is 8.65. The van der Waals surface area contributed by atoms with Gasteiger partial charge in [-0.15, -0.1) is 0 Å². The highest BCUT2D eigenvalue weighted by molar-refractivity contribution is 5.94. The second-order valence-corrected chi connectivity index (χ2v) is 6.39. The lowest BCUT2D eigenvalue weighted by atomic mass is 9.97. The predicted octanol–water partition coefficient (Wildman–Crippen LogP) is 3.90. The molecule has 0 saturated carbocycles. The molecule has 0 radical (unpaired) electrons. The molecule has 5 nitrogen and oxygen atoms in total. The molecule has 26 heavy (non-hydrogen) atoms. The second-order valence-electron chi connectivity index (χ2n) is 6.39. The van der Waals surface area contributed by atoms with Gasteiger partial charge in [-0.25, -0.2) is 4.39 Å². The van der Waals surface area contributed by atoms with E-state index in [9.17, 15) is 9.18 Å². The molecule has 1 aliphatic rings. The zero-order valence-corrected chi connectivity index (χ0v) is 14.1. The molecule has 0 spiro atoms. The van der Waals surface area contributed by atoms with Crippen LogP contribution in [0.1, 0.15) is 35.0 Å². The molecule has 1 atom stereocenters. The third-order valence-electron chi connectivity index (χ3n) is 4.64. The zero-order chi connectivity index (χ0) is 17.9. The molecule has 6 heteroatoms. The zero-order valence-electron chi connectivity index (χ0n) is 14.1. The Morgan fingerprint density at radius 1 is 1.12 bits per heavy atom. The molecular weight excluding hydrogens is 333 g/mol. The molecule has 2 aromatic carbocycles. The van der Waals surface area contributed by atoms with E-state index in [0.717, 1.165) is 18.4 Å². The summed E-state index contributed by atoms with van der Waals surface area (Å²) in [4.78, 5) is 18.8. The number of rotatable bonds is 3. The summed E-state index contributed by atoms with van der Waals surface area (Å²) in [6, 6.07) is 15.7. The van der Waals surface area contributed by atoms with Crippen molar-refractivity contribution in [1.29, 1.82) is 0 Å². The Kier molecular flexibility index (Phi) is 4.48. The van der Waals surface area contributed by atoms with Crippen LogP contribution in [0, 0.1) is 5.82 Å². The van der Waals surface area contributed by atoms with Gasteiger partial charge in [-0.1, -0.05) is 47.6 Å². The number of benzene rings is 2. The minimum Gasteiger partial charge on any atom is -0.339 e. The first-order valence-electron chi connectivity index (χ1n) is 8.65.